The molecule has 164 valence electrons. The van der Waals surface area contributed by atoms with Crippen LogP contribution in [-0.4, -0.2) is 36.3 Å². The summed E-state index contributed by atoms with van der Waals surface area (Å²) in [4.78, 5) is 27.0. The Hall–Kier alpha value is -1.27. The van der Waals surface area contributed by atoms with Crippen molar-refractivity contribution in [3.05, 3.63) is 59.1 Å². The number of nitrogens with zero attached hydrogens (tertiary/aromatic N) is 1. The summed E-state index contributed by atoms with van der Waals surface area (Å²) in [5, 5.41) is -0.285. The van der Waals surface area contributed by atoms with Crippen LogP contribution in [0.5, 0.6) is 11.5 Å². The fourth-order valence-electron chi connectivity index (χ4n) is 3.23. The molecule has 2 aromatic rings. The minimum absolute atomic E-state index is 0.203. The molecule has 0 aliphatic carbocycles. The summed E-state index contributed by atoms with van der Waals surface area (Å²) in [6, 6.07) is 10.0. The Morgan fingerprint density at radius 2 is 1.90 bits per heavy atom. The number of carbonyl (C=O) groups excluding carboxylic acids is 2. The van der Waals surface area contributed by atoms with Crippen LogP contribution in [-0.2, 0) is 4.79 Å². The number of hydrogen-bond acceptors (Lipinski definition) is 5. The number of aryl methyl sites for hydroxylation is 1. The van der Waals surface area contributed by atoms with Gasteiger partial charge in [0, 0.05) is 9.13 Å². The third-order valence-electron chi connectivity index (χ3n) is 4.76. The maximum atomic E-state index is 12.9. The van der Waals surface area contributed by atoms with Gasteiger partial charge >= 0.3 is 0 Å². The van der Waals surface area contributed by atoms with E-state index >= 15 is 0 Å². The van der Waals surface area contributed by atoms with Crippen molar-refractivity contribution < 1.29 is 19.1 Å². The molecule has 1 fully saturated rings. The smallest absolute Gasteiger partial charge is 0.293 e. The first-order chi connectivity index (χ1) is 14.7. The van der Waals surface area contributed by atoms with Crippen molar-refractivity contribution in [2.75, 3.05) is 20.3 Å². The number of ether oxygens (including phenoxy) is 2. The van der Waals surface area contributed by atoms with E-state index in [2.05, 4.69) is 71.2 Å². The third-order valence-corrected chi connectivity index (χ3v) is 7.10. The van der Waals surface area contributed by atoms with Gasteiger partial charge in [0.1, 0.15) is 18.1 Å². The molecule has 2 amide bonds. The molecule has 1 heterocycles. The maximum absolute atomic E-state index is 12.9. The molecule has 1 saturated heterocycles. The zero-order chi connectivity index (χ0) is 22.7. The molecule has 1 aliphatic heterocycles. The first-order valence-corrected chi connectivity index (χ1v) is 12.7. The molecule has 3 rings (SSSR count). The van der Waals surface area contributed by atoms with Gasteiger partial charge in [0.05, 0.1) is 22.1 Å². The first-order valence-electron chi connectivity index (χ1n) is 9.73. The van der Waals surface area contributed by atoms with Crippen LogP contribution < -0.4 is 9.47 Å². The molecule has 31 heavy (non-hydrogen) atoms. The lowest BCUT2D eigenvalue weighted by molar-refractivity contribution is -0.123. The van der Waals surface area contributed by atoms with E-state index in [0.717, 1.165) is 41.3 Å². The Bertz CT molecular complexity index is 1050. The Morgan fingerprint density at radius 1 is 1.16 bits per heavy atom. The fourth-order valence-corrected chi connectivity index (χ4v) is 6.19. The molecule has 8 heteroatoms. The summed E-state index contributed by atoms with van der Waals surface area (Å²) in [5.74, 6) is 1.51. The summed E-state index contributed by atoms with van der Waals surface area (Å²) in [5.41, 5.74) is 3.00. The van der Waals surface area contributed by atoms with Gasteiger partial charge in [-0.1, -0.05) is 26.0 Å². The molecular weight excluding hydrogens is 640 g/mol. The van der Waals surface area contributed by atoms with E-state index in [9.17, 15) is 9.59 Å². The number of imide groups is 1. The number of benzene rings is 2. The highest BCUT2D eigenvalue weighted by Gasteiger charge is 2.35. The highest BCUT2D eigenvalue weighted by Crippen LogP contribution is 2.36. The van der Waals surface area contributed by atoms with Crippen LogP contribution in [0.3, 0.4) is 0 Å². The Morgan fingerprint density at radius 3 is 2.58 bits per heavy atom. The third kappa shape index (κ3) is 5.75. The van der Waals surface area contributed by atoms with Crippen LogP contribution in [0.25, 0.3) is 6.08 Å². The second-order valence-electron chi connectivity index (χ2n) is 7.39. The van der Waals surface area contributed by atoms with E-state index in [1.165, 1.54) is 4.90 Å². The van der Waals surface area contributed by atoms with Crippen molar-refractivity contribution in [1.29, 1.82) is 0 Å². The highest BCUT2D eigenvalue weighted by molar-refractivity contribution is 14.1. The lowest BCUT2D eigenvalue weighted by Gasteiger charge is -2.17. The molecule has 0 radical (unpaired) electrons. The maximum Gasteiger partial charge on any atom is 0.293 e. The van der Waals surface area contributed by atoms with E-state index in [1.54, 1.807) is 13.2 Å². The van der Waals surface area contributed by atoms with Gasteiger partial charge in [0.2, 0.25) is 0 Å². The summed E-state index contributed by atoms with van der Waals surface area (Å²) in [7, 11) is 1.60. The molecule has 0 N–H and O–H groups in total. The van der Waals surface area contributed by atoms with E-state index in [4.69, 9.17) is 9.47 Å². The van der Waals surface area contributed by atoms with Gasteiger partial charge in [0.25, 0.3) is 11.1 Å². The van der Waals surface area contributed by atoms with Crippen LogP contribution in [0.4, 0.5) is 4.79 Å². The molecule has 1 aliphatic rings. The average Bonchev–Trinajstić information content (AvgIpc) is 2.95. The van der Waals surface area contributed by atoms with Gasteiger partial charge in [-0.05, 0) is 105 Å². The van der Waals surface area contributed by atoms with Crippen molar-refractivity contribution in [1.82, 2.24) is 4.90 Å². The molecule has 0 unspecified atom stereocenters. The largest absolute Gasteiger partial charge is 0.495 e. The van der Waals surface area contributed by atoms with Gasteiger partial charge in [-0.2, -0.15) is 0 Å². The average molecular weight is 663 g/mol. The lowest BCUT2D eigenvalue weighted by atomic mass is 10.0. The van der Waals surface area contributed by atoms with E-state index in [-0.39, 0.29) is 24.3 Å². The number of carbonyl (C=O) groups is 2. The normalized spacial score (nSPS) is 15.3. The zero-order valence-electron chi connectivity index (χ0n) is 17.7. The van der Waals surface area contributed by atoms with Crippen molar-refractivity contribution in [2.45, 2.75) is 26.7 Å². The van der Waals surface area contributed by atoms with Crippen molar-refractivity contribution >= 4 is 74.2 Å². The molecular formula is C23H23I2NO4S. The quantitative estimate of drug-likeness (QED) is 0.252. The number of hydrogen-bond donors (Lipinski definition) is 0. The molecule has 2 aromatic carbocycles. The highest BCUT2D eigenvalue weighted by atomic mass is 127. The van der Waals surface area contributed by atoms with Crippen molar-refractivity contribution in [2.24, 2.45) is 0 Å². The number of halogens is 2. The zero-order valence-corrected chi connectivity index (χ0v) is 22.8. The van der Waals surface area contributed by atoms with E-state index in [0.29, 0.717) is 16.6 Å². The summed E-state index contributed by atoms with van der Waals surface area (Å²) >= 11 is 5.37. The monoisotopic (exact) mass is 663 g/mol. The van der Waals surface area contributed by atoms with E-state index in [1.807, 2.05) is 25.1 Å². The number of thioether (sulfide) groups is 1. The van der Waals surface area contributed by atoms with Gasteiger partial charge < -0.3 is 9.47 Å². The van der Waals surface area contributed by atoms with Gasteiger partial charge in [-0.3, -0.25) is 14.5 Å². The van der Waals surface area contributed by atoms with E-state index < -0.39 is 0 Å². The molecule has 0 spiro atoms. The predicted molar refractivity (Wildman–Crippen MR) is 142 cm³/mol. The summed E-state index contributed by atoms with van der Waals surface area (Å²) in [6.45, 7) is 6.68. The minimum atomic E-state index is -0.303. The Balaban J connectivity index is 1.74. The Kier molecular flexibility index (Phi) is 8.31. The van der Waals surface area contributed by atoms with Crippen LogP contribution in [0.15, 0.2) is 35.2 Å². The molecule has 0 bridgehead atoms. The Labute approximate surface area is 214 Å². The molecule has 5 nitrogen and oxygen atoms in total. The van der Waals surface area contributed by atoms with Crippen molar-refractivity contribution in [3.63, 3.8) is 0 Å². The standard InChI is InChI=1S/C23H23I2NO4S/c1-13(2)17-6-5-14(3)9-19(17)30-8-7-26-22(27)20(31-23(26)28)11-15-10-16(24)12-18(25)21(15)29-4/h5-6,9-13H,7-8H2,1-4H3/b20-11-. The first kappa shape index (κ1) is 24.4. The summed E-state index contributed by atoms with van der Waals surface area (Å²) in [6.07, 6.45) is 1.73. The van der Waals surface area contributed by atoms with Gasteiger partial charge in [0.15, 0.2) is 0 Å². The van der Waals surface area contributed by atoms with Gasteiger partial charge in [-0.25, -0.2) is 0 Å². The molecule has 0 saturated carbocycles. The number of amides is 2. The molecule has 0 aromatic heterocycles. The number of methoxy groups -OCH3 is 1. The second-order valence-corrected chi connectivity index (χ2v) is 10.8. The lowest BCUT2D eigenvalue weighted by Crippen LogP contribution is -2.32. The van der Waals surface area contributed by atoms with Crippen LogP contribution in [0, 0.1) is 14.1 Å². The fraction of sp³-hybridized carbons (Fsp3) is 0.304. The summed E-state index contributed by atoms with van der Waals surface area (Å²) < 4.78 is 13.4. The van der Waals surface area contributed by atoms with Crippen LogP contribution >= 0.6 is 56.9 Å². The second kappa shape index (κ2) is 10.6. The predicted octanol–water partition coefficient (Wildman–Crippen LogP) is 6.45. The van der Waals surface area contributed by atoms with Gasteiger partial charge in [-0.15, -0.1) is 0 Å². The van der Waals surface area contributed by atoms with Crippen molar-refractivity contribution in [3.8, 4) is 11.5 Å². The number of rotatable bonds is 7. The van der Waals surface area contributed by atoms with Crippen LogP contribution in [0.2, 0.25) is 0 Å². The van der Waals surface area contributed by atoms with Crippen LogP contribution in [0.1, 0.15) is 36.5 Å². The molecule has 0 atom stereocenters. The topological polar surface area (TPSA) is 55.8 Å². The SMILES string of the molecule is COc1c(I)cc(I)cc1/C=C1\SC(=O)N(CCOc2cc(C)ccc2C(C)C)C1=O. The minimum Gasteiger partial charge on any atom is -0.495 e.